The van der Waals surface area contributed by atoms with E-state index in [4.69, 9.17) is 14.2 Å². The summed E-state index contributed by atoms with van der Waals surface area (Å²) in [5.41, 5.74) is 2.24. The monoisotopic (exact) mass is 569 g/mol. The summed E-state index contributed by atoms with van der Waals surface area (Å²) in [6.45, 7) is -0.315. The first kappa shape index (κ1) is 25.2. The lowest BCUT2D eigenvalue weighted by molar-refractivity contribution is -0.119. The fraction of sp³-hybridized carbons (Fsp3) is 0.321. The number of ketones is 2. The van der Waals surface area contributed by atoms with Gasteiger partial charge in [0, 0.05) is 48.4 Å². The number of amides is 1. The van der Waals surface area contributed by atoms with Gasteiger partial charge in [-0.15, -0.1) is 0 Å². The molecule has 9 heteroatoms. The van der Waals surface area contributed by atoms with Crippen molar-refractivity contribution >= 4 is 39.1 Å². The van der Waals surface area contributed by atoms with Crippen molar-refractivity contribution in [3.8, 4) is 11.5 Å². The number of carbonyl (C=O) groups is 3. The zero-order chi connectivity index (χ0) is 26.1. The van der Waals surface area contributed by atoms with Gasteiger partial charge in [-0.3, -0.25) is 14.4 Å². The van der Waals surface area contributed by atoms with Crippen LogP contribution in [0, 0.1) is 5.82 Å². The Morgan fingerprint density at radius 1 is 1.03 bits per heavy atom. The van der Waals surface area contributed by atoms with Gasteiger partial charge >= 0.3 is 0 Å². The largest absolute Gasteiger partial charge is 0.493 e. The molecule has 1 N–H and O–H groups in total. The first-order valence-electron chi connectivity index (χ1n) is 12.1. The Hall–Kier alpha value is -3.46. The second-order valence-electron chi connectivity index (χ2n) is 9.14. The molecule has 0 radical (unpaired) electrons. The highest BCUT2D eigenvalue weighted by atomic mass is 79.9. The number of Topliss-reactive ketones (excluding diaryl/α,β-unsaturated/α-hetero) is 2. The summed E-state index contributed by atoms with van der Waals surface area (Å²) in [5, 5.41) is 2.64. The molecule has 0 aromatic heterocycles. The molecule has 0 unspecified atom stereocenters. The fourth-order valence-electron chi connectivity index (χ4n) is 5.07. The van der Waals surface area contributed by atoms with Gasteiger partial charge in [0.1, 0.15) is 17.3 Å². The van der Waals surface area contributed by atoms with E-state index in [2.05, 4.69) is 21.2 Å². The predicted molar refractivity (Wildman–Crippen MR) is 137 cm³/mol. The van der Waals surface area contributed by atoms with Crippen molar-refractivity contribution in [1.29, 1.82) is 0 Å². The lowest BCUT2D eigenvalue weighted by atomic mass is 9.73. The number of rotatable bonds is 6. The van der Waals surface area contributed by atoms with E-state index in [1.807, 2.05) is 0 Å². The number of ether oxygens (including phenoxy) is 3. The molecule has 2 aromatic rings. The van der Waals surface area contributed by atoms with Crippen LogP contribution in [0.2, 0.25) is 0 Å². The van der Waals surface area contributed by atoms with Crippen molar-refractivity contribution in [2.75, 3.05) is 19.0 Å². The Balaban J connectivity index is 1.45. The Kier molecular flexibility index (Phi) is 7.15. The van der Waals surface area contributed by atoms with E-state index in [0.29, 0.717) is 75.6 Å². The van der Waals surface area contributed by atoms with Gasteiger partial charge in [-0.25, -0.2) is 4.39 Å². The van der Waals surface area contributed by atoms with Gasteiger partial charge < -0.3 is 19.5 Å². The molecule has 192 valence electrons. The first-order chi connectivity index (χ1) is 17.9. The summed E-state index contributed by atoms with van der Waals surface area (Å²) >= 11 is 3.53. The third-order valence-corrected chi connectivity index (χ3v) is 7.29. The minimum Gasteiger partial charge on any atom is -0.493 e. The maximum absolute atomic E-state index is 13.1. The highest BCUT2D eigenvalue weighted by Gasteiger charge is 2.42. The highest BCUT2D eigenvalue weighted by molar-refractivity contribution is 9.10. The van der Waals surface area contributed by atoms with Crippen LogP contribution < -0.4 is 14.8 Å². The van der Waals surface area contributed by atoms with Gasteiger partial charge in [-0.2, -0.15) is 0 Å². The van der Waals surface area contributed by atoms with Crippen LogP contribution in [0.25, 0.3) is 0 Å². The second-order valence-corrected chi connectivity index (χ2v) is 9.99. The van der Waals surface area contributed by atoms with E-state index >= 15 is 0 Å². The first-order valence-corrected chi connectivity index (χ1v) is 12.9. The van der Waals surface area contributed by atoms with Crippen LogP contribution >= 0.6 is 15.9 Å². The van der Waals surface area contributed by atoms with Crippen molar-refractivity contribution in [3.05, 3.63) is 74.9 Å². The lowest BCUT2D eigenvalue weighted by Crippen LogP contribution is -2.30. The normalized spacial score (nSPS) is 17.7. The number of anilines is 1. The van der Waals surface area contributed by atoms with Crippen LogP contribution in [0.1, 0.15) is 50.0 Å². The summed E-state index contributed by atoms with van der Waals surface area (Å²) in [6.07, 6.45) is 3.59. The molecule has 0 bridgehead atoms. The molecule has 3 aliphatic rings. The fourth-order valence-corrected chi connectivity index (χ4v) is 5.64. The van der Waals surface area contributed by atoms with Crippen LogP contribution in [0.4, 0.5) is 10.1 Å². The van der Waals surface area contributed by atoms with Gasteiger partial charge in [-0.1, -0.05) is 0 Å². The topological polar surface area (TPSA) is 90.9 Å². The molecule has 5 rings (SSSR count). The number of benzene rings is 2. The number of hydrogen-bond donors (Lipinski definition) is 1. The molecule has 0 atom stereocenters. The summed E-state index contributed by atoms with van der Waals surface area (Å²) in [7, 11) is 1.48. The number of allylic oxidation sites excluding steroid dienone is 4. The number of hydrogen-bond acceptors (Lipinski definition) is 6. The van der Waals surface area contributed by atoms with E-state index in [-0.39, 0.29) is 18.2 Å². The third kappa shape index (κ3) is 5.05. The van der Waals surface area contributed by atoms with Crippen LogP contribution in [-0.4, -0.2) is 31.2 Å². The van der Waals surface area contributed by atoms with Crippen LogP contribution in [0.5, 0.6) is 11.5 Å². The number of nitrogens with one attached hydrogen (secondary N) is 1. The average Bonchev–Trinajstić information content (AvgIpc) is 2.88. The Bertz CT molecular complexity index is 1310. The summed E-state index contributed by atoms with van der Waals surface area (Å²) in [4.78, 5) is 38.5. The number of halogens is 2. The van der Waals surface area contributed by atoms with Gasteiger partial charge in [0.2, 0.25) is 0 Å². The summed E-state index contributed by atoms with van der Waals surface area (Å²) in [5.74, 6) is 0.572. The SMILES string of the molecule is COc1cc(C2C3=C(CCCC3=O)OC3=C2C(=O)CCC3)cc(Br)c1OCC(=O)Nc1ccc(F)cc1. The lowest BCUT2D eigenvalue weighted by Gasteiger charge is -2.36. The van der Waals surface area contributed by atoms with E-state index in [1.165, 1.54) is 31.4 Å². The Morgan fingerprint density at radius 2 is 1.65 bits per heavy atom. The molecule has 2 aliphatic carbocycles. The van der Waals surface area contributed by atoms with Crippen molar-refractivity contribution in [2.24, 2.45) is 0 Å². The number of carbonyl (C=O) groups excluding carboxylic acids is 3. The van der Waals surface area contributed by atoms with E-state index in [1.54, 1.807) is 12.1 Å². The van der Waals surface area contributed by atoms with Crippen molar-refractivity contribution in [3.63, 3.8) is 0 Å². The summed E-state index contributed by atoms with van der Waals surface area (Å²) < 4.78 is 31.1. The average molecular weight is 570 g/mol. The van der Waals surface area contributed by atoms with Gasteiger partial charge in [0.15, 0.2) is 29.7 Å². The van der Waals surface area contributed by atoms with Gasteiger partial charge in [0.25, 0.3) is 5.91 Å². The zero-order valence-corrected chi connectivity index (χ0v) is 21.8. The van der Waals surface area contributed by atoms with E-state index in [0.717, 1.165) is 12.8 Å². The molecule has 1 amide bonds. The predicted octanol–water partition coefficient (Wildman–Crippen LogP) is 5.74. The van der Waals surface area contributed by atoms with Gasteiger partial charge in [-0.05, 0) is 70.7 Å². The Labute approximate surface area is 221 Å². The minimum absolute atomic E-state index is 0.0101. The standard InChI is InChI=1S/C28H25BrFNO6/c1-35-23-13-15(12-18(29)28(23)36-14-24(34)31-17-10-8-16(30)9-11-17)25-26-19(32)4-2-6-21(26)37-22-7-3-5-20(33)27(22)25/h8-13,25H,2-7,14H2,1H3,(H,31,34). The molecule has 0 saturated carbocycles. The van der Waals surface area contributed by atoms with E-state index < -0.39 is 17.6 Å². The van der Waals surface area contributed by atoms with E-state index in [9.17, 15) is 18.8 Å². The highest BCUT2D eigenvalue weighted by Crippen LogP contribution is 2.50. The minimum atomic E-state index is -0.541. The van der Waals surface area contributed by atoms with Crippen molar-refractivity contribution in [1.82, 2.24) is 0 Å². The molecule has 37 heavy (non-hydrogen) atoms. The molecular weight excluding hydrogens is 545 g/mol. The third-order valence-electron chi connectivity index (χ3n) is 6.70. The zero-order valence-electron chi connectivity index (χ0n) is 20.2. The maximum atomic E-state index is 13.1. The van der Waals surface area contributed by atoms with Crippen molar-refractivity contribution in [2.45, 2.75) is 44.4 Å². The molecule has 2 aromatic carbocycles. The van der Waals surface area contributed by atoms with Crippen LogP contribution in [-0.2, 0) is 19.1 Å². The molecule has 1 aliphatic heterocycles. The molecule has 0 saturated heterocycles. The number of methoxy groups -OCH3 is 1. The van der Waals surface area contributed by atoms with Crippen molar-refractivity contribution < 1.29 is 33.0 Å². The maximum Gasteiger partial charge on any atom is 0.262 e. The summed E-state index contributed by atoms with van der Waals surface area (Å²) in [6, 6.07) is 8.95. The van der Waals surface area contributed by atoms with Gasteiger partial charge in [0.05, 0.1) is 11.6 Å². The quantitative estimate of drug-likeness (QED) is 0.477. The molecular formula is C28H25BrFNO6. The molecule has 0 spiro atoms. The molecule has 1 heterocycles. The molecule has 7 nitrogen and oxygen atoms in total. The van der Waals surface area contributed by atoms with Crippen LogP contribution in [0.3, 0.4) is 0 Å². The molecule has 0 fully saturated rings. The Morgan fingerprint density at radius 3 is 2.24 bits per heavy atom. The smallest absolute Gasteiger partial charge is 0.262 e. The van der Waals surface area contributed by atoms with Crippen LogP contribution in [0.15, 0.2) is 63.5 Å². The second kappa shape index (κ2) is 10.5.